The summed E-state index contributed by atoms with van der Waals surface area (Å²) in [6.45, 7) is 6.22. The van der Waals surface area contributed by atoms with Gasteiger partial charge in [-0.3, -0.25) is 14.4 Å². The maximum atomic E-state index is 12.7. The maximum absolute atomic E-state index is 12.7. The average molecular weight is 895 g/mol. The van der Waals surface area contributed by atoms with Gasteiger partial charge in [0.2, 0.25) is 0 Å². The second-order valence-electron chi connectivity index (χ2n) is 16.0. The molecule has 1 unspecified atom stereocenters. The number of hydrogen-bond donors (Lipinski definition) is 0. The smallest absolute Gasteiger partial charge is 0.306 e. The molecule has 0 saturated carbocycles. The zero-order valence-corrected chi connectivity index (χ0v) is 41.2. The van der Waals surface area contributed by atoms with Crippen LogP contribution in [-0.2, 0) is 28.6 Å². The van der Waals surface area contributed by atoms with E-state index in [0.29, 0.717) is 19.3 Å². The van der Waals surface area contributed by atoms with E-state index in [4.69, 9.17) is 14.2 Å². The van der Waals surface area contributed by atoms with Crippen molar-refractivity contribution in [1.29, 1.82) is 0 Å². The molecule has 6 heteroatoms. The van der Waals surface area contributed by atoms with Crippen molar-refractivity contribution in [1.82, 2.24) is 0 Å². The van der Waals surface area contributed by atoms with E-state index in [2.05, 4.69) is 154 Å². The minimum Gasteiger partial charge on any atom is -0.462 e. The summed E-state index contributed by atoms with van der Waals surface area (Å²) in [5.74, 6) is -1.08. The van der Waals surface area contributed by atoms with Crippen LogP contribution in [0, 0.1) is 0 Å². The Balaban J connectivity index is 4.39. The summed E-state index contributed by atoms with van der Waals surface area (Å²) in [7, 11) is 0. The first-order chi connectivity index (χ1) is 32.0. The molecule has 6 nitrogen and oxygen atoms in total. The van der Waals surface area contributed by atoms with E-state index in [1.165, 1.54) is 25.7 Å². The van der Waals surface area contributed by atoms with Crippen molar-refractivity contribution < 1.29 is 28.6 Å². The molecule has 0 fully saturated rings. The summed E-state index contributed by atoms with van der Waals surface area (Å²) in [5, 5.41) is 0. The highest BCUT2D eigenvalue weighted by Crippen LogP contribution is 2.11. The van der Waals surface area contributed by atoms with Crippen molar-refractivity contribution >= 4 is 17.9 Å². The van der Waals surface area contributed by atoms with E-state index in [1.54, 1.807) is 0 Å². The molecule has 0 aromatic heterocycles. The Kier molecular flexibility index (Phi) is 48.2. The Morgan fingerprint density at radius 2 is 0.631 bits per heavy atom. The summed E-state index contributed by atoms with van der Waals surface area (Å²) >= 11 is 0. The molecule has 0 aliphatic heterocycles. The van der Waals surface area contributed by atoms with Crippen LogP contribution < -0.4 is 0 Å². The van der Waals surface area contributed by atoms with Gasteiger partial charge in [0.15, 0.2) is 6.10 Å². The van der Waals surface area contributed by atoms with Crippen LogP contribution in [0.3, 0.4) is 0 Å². The lowest BCUT2D eigenvalue weighted by atomic mass is 10.1. The fourth-order valence-electron chi connectivity index (χ4n) is 6.12. The topological polar surface area (TPSA) is 78.9 Å². The molecular formula is C59H90O6. The molecule has 0 aliphatic rings. The summed E-state index contributed by atoms with van der Waals surface area (Å²) in [4.78, 5) is 37.7. The standard InChI is InChI=1S/C59H90O6/c1-4-7-10-13-16-18-20-22-23-24-25-26-27-28-29-30-31-32-33-34-35-37-38-40-43-46-49-52-58(61)64-55-56(54-63-57(60)51-48-45-42-15-12-9-6-3)65-59(62)53-50-47-44-41-39-36-21-19-17-14-11-8-5-2/h7-8,10-11,16-19,22-23,25-26,28-29,31-32,34-36,38-40,44,47,56H,4-6,9,12-15,20-21,24,27,30,33,37,41-43,45-46,48-55H2,1-3H3/b10-7-,11-8-,18-16-,19-17-,23-22-,26-25-,29-28-,32-31-,35-34-,39-36-,40-38-,47-44-. The lowest BCUT2D eigenvalue weighted by Crippen LogP contribution is -2.30. The van der Waals surface area contributed by atoms with Crippen LogP contribution in [0.4, 0.5) is 0 Å². The maximum Gasteiger partial charge on any atom is 0.306 e. The van der Waals surface area contributed by atoms with E-state index in [0.717, 1.165) is 109 Å². The number of carbonyl (C=O) groups excluding carboxylic acids is 3. The molecule has 0 heterocycles. The minimum atomic E-state index is -0.836. The molecule has 0 aliphatic carbocycles. The molecule has 362 valence electrons. The van der Waals surface area contributed by atoms with Gasteiger partial charge in [0.05, 0.1) is 0 Å². The van der Waals surface area contributed by atoms with Gasteiger partial charge in [0.25, 0.3) is 0 Å². The lowest BCUT2D eigenvalue weighted by Gasteiger charge is -2.18. The van der Waals surface area contributed by atoms with E-state index in [1.807, 2.05) is 12.2 Å². The molecule has 0 amide bonds. The second kappa shape index (κ2) is 51.9. The van der Waals surface area contributed by atoms with Gasteiger partial charge in [0, 0.05) is 19.3 Å². The summed E-state index contributed by atoms with van der Waals surface area (Å²) in [5.41, 5.74) is 0. The Morgan fingerprint density at radius 1 is 0.323 bits per heavy atom. The van der Waals surface area contributed by atoms with E-state index < -0.39 is 12.1 Å². The van der Waals surface area contributed by atoms with Crippen molar-refractivity contribution in [2.24, 2.45) is 0 Å². The first-order valence-electron chi connectivity index (χ1n) is 25.3. The van der Waals surface area contributed by atoms with Crippen molar-refractivity contribution in [3.05, 3.63) is 146 Å². The molecule has 0 spiro atoms. The van der Waals surface area contributed by atoms with Gasteiger partial charge in [-0.25, -0.2) is 0 Å². The van der Waals surface area contributed by atoms with Gasteiger partial charge in [-0.2, -0.15) is 0 Å². The van der Waals surface area contributed by atoms with Crippen LogP contribution >= 0.6 is 0 Å². The Morgan fingerprint density at radius 3 is 1.00 bits per heavy atom. The van der Waals surface area contributed by atoms with Crippen LogP contribution in [0.25, 0.3) is 0 Å². The third kappa shape index (κ3) is 50.2. The number of esters is 3. The SMILES string of the molecule is CC/C=C\C/C=C\C/C=C\C/C=C\C/C=C\C/C=C\C/C=C\C/C=C\CCCCC(=O)OCC(COC(=O)CCCCCCCCC)OC(=O)CC/C=C\C/C=C\C/C=C\C/C=C\CC. The summed E-state index contributed by atoms with van der Waals surface area (Å²) in [6.07, 6.45) is 74.4. The number of allylic oxidation sites excluding steroid dienone is 24. The van der Waals surface area contributed by atoms with Gasteiger partial charge in [-0.1, -0.05) is 205 Å². The van der Waals surface area contributed by atoms with Crippen molar-refractivity contribution in [3.8, 4) is 0 Å². The van der Waals surface area contributed by atoms with Gasteiger partial charge < -0.3 is 14.2 Å². The molecule has 0 aromatic rings. The van der Waals surface area contributed by atoms with E-state index in [-0.39, 0.29) is 38.0 Å². The molecule has 0 saturated heterocycles. The minimum absolute atomic E-state index is 0.126. The van der Waals surface area contributed by atoms with Gasteiger partial charge in [-0.05, 0) is 109 Å². The highest BCUT2D eigenvalue weighted by Gasteiger charge is 2.19. The van der Waals surface area contributed by atoms with Crippen molar-refractivity contribution in [2.75, 3.05) is 13.2 Å². The molecule has 0 radical (unpaired) electrons. The van der Waals surface area contributed by atoms with Crippen LogP contribution in [-0.4, -0.2) is 37.2 Å². The number of unbranched alkanes of at least 4 members (excludes halogenated alkanes) is 8. The monoisotopic (exact) mass is 895 g/mol. The van der Waals surface area contributed by atoms with Crippen LogP contribution in [0.1, 0.15) is 188 Å². The molecule has 0 bridgehead atoms. The molecular weight excluding hydrogens is 805 g/mol. The third-order valence-electron chi connectivity index (χ3n) is 9.85. The molecule has 1 atom stereocenters. The third-order valence-corrected chi connectivity index (χ3v) is 9.85. The molecule has 0 N–H and O–H groups in total. The zero-order valence-electron chi connectivity index (χ0n) is 41.2. The predicted molar refractivity (Wildman–Crippen MR) is 279 cm³/mol. The number of carbonyl (C=O) groups is 3. The average Bonchev–Trinajstić information content (AvgIpc) is 3.30. The van der Waals surface area contributed by atoms with Crippen molar-refractivity contribution in [2.45, 2.75) is 194 Å². The molecule has 65 heavy (non-hydrogen) atoms. The number of rotatable bonds is 43. The molecule has 0 rings (SSSR count). The number of hydrogen-bond acceptors (Lipinski definition) is 6. The van der Waals surface area contributed by atoms with Crippen molar-refractivity contribution in [3.63, 3.8) is 0 Å². The summed E-state index contributed by atoms with van der Waals surface area (Å²) < 4.78 is 16.6. The predicted octanol–water partition coefficient (Wildman–Crippen LogP) is 16.9. The normalized spacial score (nSPS) is 13.3. The quantitative estimate of drug-likeness (QED) is 0.0263. The molecule has 0 aromatic carbocycles. The Hall–Kier alpha value is -4.71. The largest absolute Gasteiger partial charge is 0.462 e. The van der Waals surface area contributed by atoms with E-state index in [9.17, 15) is 14.4 Å². The van der Waals surface area contributed by atoms with Crippen LogP contribution in [0.15, 0.2) is 146 Å². The van der Waals surface area contributed by atoms with Crippen LogP contribution in [0.5, 0.6) is 0 Å². The van der Waals surface area contributed by atoms with Gasteiger partial charge >= 0.3 is 17.9 Å². The Bertz CT molecular complexity index is 1490. The zero-order chi connectivity index (χ0) is 47.2. The highest BCUT2D eigenvalue weighted by atomic mass is 16.6. The first-order valence-corrected chi connectivity index (χ1v) is 25.3. The Labute approximate surface area is 397 Å². The van der Waals surface area contributed by atoms with E-state index >= 15 is 0 Å². The fourth-order valence-corrected chi connectivity index (χ4v) is 6.12. The van der Waals surface area contributed by atoms with Gasteiger partial charge in [-0.15, -0.1) is 0 Å². The first kappa shape index (κ1) is 60.3. The van der Waals surface area contributed by atoms with Crippen LogP contribution in [0.2, 0.25) is 0 Å². The highest BCUT2D eigenvalue weighted by molar-refractivity contribution is 5.71. The number of ether oxygens (including phenoxy) is 3. The fraction of sp³-hybridized carbons (Fsp3) is 0.542. The lowest BCUT2D eigenvalue weighted by molar-refractivity contribution is -0.166. The second-order valence-corrected chi connectivity index (χ2v) is 16.0. The summed E-state index contributed by atoms with van der Waals surface area (Å²) in [6, 6.07) is 0. The van der Waals surface area contributed by atoms with Gasteiger partial charge in [0.1, 0.15) is 13.2 Å².